The van der Waals surface area contributed by atoms with Gasteiger partial charge in [-0.3, -0.25) is 0 Å². The van der Waals surface area contributed by atoms with Crippen molar-refractivity contribution in [2.24, 2.45) is 0 Å². The molecule has 0 N–H and O–H groups in total. The lowest BCUT2D eigenvalue weighted by atomic mass is 10.4. The van der Waals surface area contributed by atoms with Crippen LogP contribution in [0.25, 0.3) is 0 Å². The minimum atomic E-state index is -2.90. The van der Waals surface area contributed by atoms with E-state index in [1.807, 2.05) is 12.1 Å². The number of halogens is 16. The molecule has 0 spiro atoms. The lowest BCUT2D eigenvalue weighted by Gasteiger charge is -2.43. The van der Waals surface area contributed by atoms with Crippen LogP contribution in [0.5, 0.6) is 0 Å². The van der Waals surface area contributed by atoms with Crippen LogP contribution in [0.4, 0.5) is 73.2 Å². The largest absolute Gasteiger partial charge is 0.437 e. The third-order valence-electron chi connectivity index (χ3n) is 3.70. The van der Waals surface area contributed by atoms with E-state index >= 15 is 0 Å². The van der Waals surface area contributed by atoms with Crippen LogP contribution in [0.3, 0.4) is 0 Å². The van der Waals surface area contributed by atoms with Gasteiger partial charge in [0.15, 0.2) is 16.6 Å². The molecular formula is C20H34F16O3Si4. The maximum Gasteiger partial charge on any atom is 0.388 e. The number of benzene rings is 2. The van der Waals surface area contributed by atoms with Crippen molar-refractivity contribution in [1.82, 2.24) is 0 Å². The summed E-state index contributed by atoms with van der Waals surface area (Å²) in [6, 6.07) is 21.0. The molecule has 2 rings (SSSR count). The van der Waals surface area contributed by atoms with Crippen LogP contribution in [0.15, 0.2) is 60.7 Å². The summed E-state index contributed by atoms with van der Waals surface area (Å²) in [6.07, 6.45) is 0. The summed E-state index contributed by atoms with van der Waals surface area (Å²) in [4.78, 5) is 0. The highest BCUT2D eigenvalue weighted by atomic mass is 28.5. The molecule has 0 heterocycles. The van der Waals surface area contributed by atoms with Crippen molar-refractivity contribution in [2.45, 2.75) is 52.4 Å². The molecule has 260 valence electrons. The van der Waals surface area contributed by atoms with Gasteiger partial charge < -0.3 is 12.3 Å². The van der Waals surface area contributed by atoms with Gasteiger partial charge in [0.2, 0.25) is 0 Å². The van der Waals surface area contributed by atoms with Crippen molar-refractivity contribution in [3.8, 4) is 0 Å². The van der Waals surface area contributed by atoms with Crippen molar-refractivity contribution in [3.05, 3.63) is 60.7 Å². The topological polar surface area (TPSA) is 27.7 Å². The Morgan fingerprint density at radius 1 is 0.349 bits per heavy atom. The van der Waals surface area contributed by atoms with E-state index in [1.165, 1.54) is 0 Å². The van der Waals surface area contributed by atoms with E-state index in [-0.39, 0.29) is 0 Å². The first-order valence-electron chi connectivity index (χ1n) is 10.7. The smallest absolute Gasteiger partial charge is 0.388 e. The molecule has 0 atom stereocenters. The Balaban J connectivity index is -0.000000140. The molecule has 3 nitrogen and oxygen atoms in total. The molecule has 2 aromatic carbocycles. The Kier molecular flexibility index (Phi) is 47.9. The number of hydrogen-bond acceptors (Lipinski definition) is 3. The quantitative estimate of drug-likeness (QED) is 0.199. The maximum absolute atomic E-state index is 8.00. The van der Waals surface area contributed by atoms with Crippen LogP contribution in [0.2, 0.25) is 52.4 Å². The molecule has 0 radical (unpaired) electrons. The van der Waals surface area contributed by atoms with E-state index in [0.29, 0.717) is 0 Å². The lowest BCUT2D eigenvalue weighted by molar-refractivity contribution is 0.108. The van der Waals surface area contributed by atoms with Gasteiger partial charge in [-0.2, -0.15) is 0 Å². The van der Waals surface area contributed by atoms with E-state index in [4.69, 9.17) is 85.5 Å². The van der Waals surface area contributed by atoms with E-state index in [2.05, 4.69) is 101 Å². The van der Waals surface area contributed by atoms with Crippen LogP contribution in [-0.4, -0.2) is 33.8 Å². The molecule has 0 unspecified atom stereocenters. The Hall–Kier alpha value is -1.93. The second-order valence-electron chi connectivity index (χ2n) is 9.28. The Morgan fingerprint density at radius 2 is 0.581 bits per heavy atom. The lowest BCUT2D eigenvalue weighted by Crippen LogP contribution is -2.71. The molecule has 23 heteroatoms. The summed E-state index contributed by atoms with van der Waals surface area (Å²) in [5.41, 5.74) is 0. The van der Waals surface area contributed by atoms with E-state index in [0.717, 1.165) is 10.4 Å². The fourth-order valence-corrected chi connectivity index (χ4v) is 20.0. The fraction of sp³-hybridized carbons (Fsp3) is 0.400. The van der Waals surface area contributed by atoms with Crippen LogP contribution >= 0.6 is 0 Å². The first-order chi connectivity index (χ1) is 20.3. The van der Waals surface area contributed by atoms with Gasteiger partial charge in [-0.15, -0.1) is 0 Å². The van der Waals surface area contributed by atoms with Crippen molar-refractivity contribution >= 4 is 44.1 Å². The summed E-state index contributed by atoms with van der Waals surface area (Å²) in [5, 5.41) is 2.30. The molecule has 0 aliphatic carbocycles. The first-order valence-corrected chi connectivity index (χ1v) is 22.1. The standard InChI is InChI=1S/C20H34O3Si4.8F2/c1-24(2,3)21-26(7,8)23-27(22-25(4,5)6,19-15-11-9-12-16-19)20-17-13-10-14-18-20;8*1-2/h9-18H,1-8H3;;;;;;;;. The van der Waals surface area contributed by atoms with E-state index in [1.54, 1.807) is 0 Å². The molecule has 43 heavy (non-hydrogen) atoms. The molecule has 0 saturated carbocycles. The van der Waals surface area contributed by atoms with Gasteiger partial charge in [0.1, 0.15) is 0 Å². The van der Waals surface area contributed by atoms with Crippen molar-refractivity contribution < 1.29 is 85.5 Å². The van der Waals surface area contributed by atoms with Gasteiger partial charge >= 0.3 is 17.1 Å². The maximum atomic E-state index is 8.00. The first kappa shape index (κ1) is 56.8. The van der Waals surface area contributed by atoms with Gasteiger partial charge in [0, 0.05) is 73.2 Å². The van der Waals surface area contributed by atoms with Gasteiger partial charge in [-0.1, -0.05) is 60.7 Å². The van der Waals surface area contributed by atoms with Crippen molar-refractivity contribution in [1.29, 1.82) is 0 Å². The Bertz CT molecular complexity index is 724. The molecule has 0 amide bonds. The summed E-state index contributed by atoms with van der Waals surface area (Å²) in [6.45, 7) is 17.7. The van der Waals surface area contributed by atoms with Crippen LogP contribution in [-0.2, 0) is 12.3 Å². The summed E-state index contributed by atoms with van der Waals surface area (Å²) in [5.74, 6) is 0. The van der Waals surface area contributed by atoms with Crippen molar-refractivity contribution in [3.63, 3.8) is 0 Å². The average molecular weight is 739 g/mol. The summed E-state index contributed by atoms with van der Waals surface area (Å²) < 4.78 is 149. The van der Waals surface area contributed by atoms with Crippen molar-refractivity contribution in [2.75, 3.05) is 0 Å². The molecule has 0 aliphatic heterocycles. The highest BCUT2D eigenvalue weighted by Crippen LogP contribution is 2.24. The summed E-state index contributed by atoms with van der Waals surface area (Å²) in [7, 11) is -8.96. The van der Waals surface area contributed by atoms with Gasteiger partial charge in [-0.05, 0) is 62.7 Å². The molecule has 0 fully saturated rings. The average Bonchev–Trinajstić information content (AvgIpc) is 3.03. The van der Waals surface area contributed by atoms with Crippen LogP contribution < -0.4 is 10.4 Å². The SMILES string of the molecule is C[Si](C)(C)O[Si](C)(C)O[Si](O[Si](C)(C)C)(c1ccccc1)c1ccccc1.FF.FF.FF.FF.FF.FF.FF.FF. The molecule has 0 saturated heterocycles. The minimum Gasteiger partial charge on any atom is -0.437 e. The molecule has 0 bridgehead atoms. The Morgan fingerprint density at radius 3 is 0.791 bits per heavy atom. The number of rotatable bonds is 8. The van der Waals surface area contributed by atoms with Gasteiger partial charge in [0.25, 0.3) is 0 Å². The number of hydrogen-bond donors (Lipinski definition) is 0. The second kappa shape index (κ2) is 36.3. The second-order valence-corrected chi connectivity index (χ2v) is 25.4. The molecule has 2 aromatic rings. The third-order valence-corrected chi connectivity index (χ3v) is 17.0. The summed E-state index contributed by atoms with van der Waals surface area (Å²) >= 11 is 0. The highest BCUT2D eigenvalue weighted by Gasteiger charge is 2.51. The van der Waals surface area contributed by atoms with Gasteiger partial charge in [-0.25, -0.2) is 0 Å². The normalized spacial score (nSPS) is 9.67. The predicted octanol–water partition coefficient (Wildman–Crippen LogP) is 11.4. The zero-order valence-electron chi connectivity index (χ0n) is 24.0. The van der Waals surface area contributed by atoms with Crippen LogP contribution in [0.1, 0.15) is 0 Å². The molecule has 0 aliphatic rings. The zero-order chi connectivity index (χ0) is 36.3. The van der Waals surface area contributed by atoms with Gasteiger partial charge in [0.05, 0.1) is 0 Å². The van der Waals surface area contributed by atoms with E-state index in [9.17, 15) is 0 Å². The monoisotopic (exact) mass is 738 g/mol. The highest BCUT2D eigenvalue weighted by molar-refractivity contribution is 7.02. The Labute approximate surface area is 243 Å². The zero-order valence-corrected chi connectivity index (χ0v) is 28.0. The molecular weight excluding hydrogens is 705 g/mol. The molecule has 0 aromatic heterocycles. The van der Waals surface area contributed by atoms with Crippen LogP contribution in [0, 0.1) is 0 Å². The minimum absolute atomic E-state index is 1.15. The fourth-order valence-electron chi connectivity index (χ4n) is 3.27. The third kappa shape index (κ3) is 29.9. The predicted molar refractivity (Wildman–Crippen MR) is 143 cm³/mol. The van der Waals surface area contributed by atoms with E-state index < -0.39 is 33.8 Å².